The third-order valence-corrected chi connectivity index (χ3v) is 7.53. The maximum absolute atomic E-state index is 14.5. The van der Waals surface area contributed by atoms with Gasteiger partial charge in [0.15, 0.2) is 0 Å². The Hall–Kier alpha value is -2.65. The Balaban J connectivity index is 2.20. The summed E-state index contributed by atoms with van der Waals surface area (Å²) in [6, 6.07) is 16.3. The van der Waals surface area contributed by atoms with Gasteiger partial charge in [-0.15, -0.1) is 0 Å². The van der Waals surface area contributed by atoms with Gasteiger partial charge in [-0.25, -0.2) is 4.76 Å². The van der Waals surface area contributed by atoms with Crippen molar-refractivity contribution in [2.24, 2.45) is 4.76 Å². The molecule has 0 amide bonds. The molecular weight excluding hydrogens is 418 g/mol. The summed E-state index contributed by atoms with van der Waals surface area (Å²) in [6.45, 7) is 9.44. The van der Waals surface area contributed by atoms with Crippen molar-refractivity contribution in [2.75, 3.05) is 0 Å². The lowest BCUT2D eigenvalue weighted by Gasteiger charge is -2.19. The summed E-state index contributed by atoms with van der Waals surface area (Å²) >= 11 is 0. The number of nitrogens with zero attached hydrogens (tertiary/aromatic N) is 1. The molecule has 0 bridgehead atoms. The fraction of sp³-hybridized carbons (Fsp3) is 0.240. The molecule has 0 aliphatic rings. The second-order valence-corrected chi connectivity index (χ2v) is 10.4. The van der Waals surface area contributed by atoms with Gasteiger partial charge in [0.25, 0.3) is 0 Å². The van der Waals surface area contributed by atoms with E-state index in [9.17, 15) is 17.7 Å². The third kappa shape index (κ3) is 5.16. The van der Waals surface area contributed by atoms with Crippen molar-refractivity contribution in [1.82, 2.24) is 0 Å². The topological polar surface area (TPSA) is 29.4 Å². The van der Waals surface area contributed by atoms with Gasteiger partial charge in [-0.05, 0) is 76.6 Å². The van der Waals surface area contributed by atoms with Crippen molar-refractivity contribution in [3.8, 4) is 0 Å². The summed E-state index contributed by atoms with van der Waals surface area (Å²) in [6.07, 6.45) is -4.41. The molecule has 0 unspecified atom stereocenters. The molecule has 0 saturated heterocycles. The van der Waals surface area contributed by atoms with Crippen LogP contribution in [0.4, 0.5) is 13.2 Å². The first-order chi connectivity index (χ1) is 14.4. The van der Waals surface area contributed by atoms with E-state index in [0.29, 0.717) is 21.9 Å². The highest BCUT2D eigenvalue weighted by Gasteiger charge is 2.31. The van der Waals surface area contributed by atoms with Crippen LogP contribution in [0.15, 0.2) is 65.4 Å². The molecule has 0 aliphatic carbocycles. The zero-order valence-corrected chi connectivity index (χ0v) is 19.1. The summed E-state index contributed by atoms with van der Waals surface area (Å²) in [5.41, 5.74) is 4.10. The maximum atomic E-state index is 14.5. The summed E-state index contributed by atoms with van der Waals surface area (Å²) in [5, 5.41) is 1.22. The van der Waals surface area contributed by atoms with E-state index in [4.69, 9.17) is 0 Å². The number of hydrogen-bond acceptors (Lipinski definition) is 1. The molecule has 0 N–H and O–H groups in total. The monoisotopic (exact) mass is 443 g/mol. The SMILES string of the molecule is C/C(=N\P(=O)(c1cc(C)cc(C)c1)c1cc(C)cc(C)c1)c1ccc(C(F)(F)F)cc1. The number of hydrogen-bond donors (Lipinski definition) is 0. The van der Waals surface area contributed by atoms with Crippen molar-refractivity contribution >= 4 is 23.6 Å². The number of halogens is 3. The summed E-state index contributed by atoms with van der Waals surface area (Å²) in [7, 11) is -3.43. The van der Waals surface area contributed by atoms with Gasteiger partial charge in [0.1, 0.15) is 0 Å². The van der Waals surface area contributed by atoms with Crippen LogP contribution in [0.5, 0.6) is 0 Å². The van der Waals surface area contributed by atoms with Gasteiger partial charge in [-0.3, -0.25) is 4.57 Å². The minimum Gasteiger partial charge on any atom is -0.288 e. The van der Waals surface area contributed by atoms with Gasteiger partial charge in [0.2, 0.25) is 7.29 Å². The zero-order valence-electron chi connectivity index (χ0n) is 18.2. The lowest BCUT2D eigenvalue weighted by molar-refractivity contribution is -0.137. The first kappa shape index (κ1) is 23.0. The van der Waals surface area contributed by atoms with Crippen LogP contribution in [0.3, 0.4) is 0 Å². The fourth-order valence-corrected chi connectivity index (χ4v) is 6.27. The maximum Gasteiger partial charge on any atom is 0.416 e. The lowest BCUT2D eigenvalue weighted by Crippen LogP contribution is -2.17. The highest BCUT2D eigenvalue weighted by molar-refractivity contribution is 7.77. The minimum absolute atomic E-state index is 0.426. The molecule has 31 heavy (non-hydrogen) atoms. The van der Waals surface area contributed by atoms with E-state index in [2.05, 4.69) is 4.76 Å². The van der Waals surface area contributed by atoms with Gasteiger partial charge >= 0.3 is 6.18 Å². The molecule has 0 atom stereocenters. The fourth-order valence-electron chi connectivity index (χ4n) is 3.69. The smallest absolute Gasteiger partial charge is 0.288 e. The normalized spacial score (nSPS) is 12.8. The largest absolute Gasteiger partial charge is 0.416 e. The van der Waals surface area contributed by atoms with E-state index < -0.39 is 19.0 Å². The van der Waals surface area contributed by atoms with Gasteiger partial charge in [-0.1, -0.05) is 46.5 Å². The molecule has 0 saturated carbocycles. The van der Waals surface area contributed by atoms with Crippen LogP contribution in [0, 0.1) is 27.7 Å². The minimum atomic E-state index is -4.41. The van der Waals surface area contributed by atoms with Crippen LogP contribution in [-0.4, -0.2) is 5.71 Å². The molecule has 0 radical (unpaired) electrons. The van der Waals surface area contributed by atoms with Crippen LogP contribution in [0.25, 0.3) is 0 Å². The van der Waals surface area contributed by atoms with E-state index in [1.165, 1.54) is 12.1 Å². The van der Waals surface area contributed by atoms with Crippen LogP contribution in [0.1, 0.15) is 40.3 Å². The number of rotatable bonds is 4. The molecule has 3 rings (SSSR count). The first-order valence-electron chi connectivity index (χ1n) is 9.91. The average Bonchev–Trinajstić information content (AvgIpc) is 2.65. The number of aryl methyl sites for hydroxylation is 4. The summed E-state index contributed by atoms with van der Waals surface area (Å²) < 4.78 is 57.9. The Morgan fingerprint density at radius 1 is 0.742 bits per heavy atom. The van der Waals surface area contributed by atoms with Crippen LogP contribution < -0.4 is 10.6 Å². The van der Waals surface area contributed by atoms with Gasteiger partial charge in [0.05, 0.1) is 5.56 Å². The van der Waals surface area contributed by atoms with Crippen LogP contribution in [-0.2, 0) is 10.7 Å². The average molecular weight is 443 g/mol. The molecule has 2 nitrogen and oxygen atoms in total. The Bertz CT molecular complexity index is 1100. The molecule has 6 heteroatoms. The molecule has 3 aromatic carbocycles. The summed E-state index contributed by atoms with van der Waals surface area (Å²) in [5.74, 6) is 0. The molecule has 0 heterocycles. The predicted molar refractivity (Wildman–Crippen MR) is 122 cm³/mol. The van der Waals surface area contributed by atoms with Crippen molar-refractivity contribution in [3.05, 3.63) is 94.0 Å². The van der Waals surface area contributed by atoms with Gasteiger partial charge in [-0.2, -0.15) is 13.2 Å². The van der Waals surface area contributed by atoms with E-state index >= 15 is 0 Å². The molecular formula is C25H25F3NOP. The van der Waals surface area contributed by atoms with Crippen molar-refractivity contribution in [3.63, 3.8) is 0 Å². The van der Waals surface area contributed by atoms with E-state index in [0.717, 1.165) is 34.4 Å². The number of alkyl halides is 3. The molecule has 162 valence electrons. The molecule has 3 aromatic rings. The Morgan fingerprint density at radius 2 is 1.13 bits per heavy atom. The molecule has 0 spiro atoms. The van der Waals surface area contributed by atoms with Gasteiger partial charge < -0.3 is 0 Å². The van der Waals surface area contributed by atoms with Crippen LogP contribution in [0.2, 0.25) is 0 Å². The predicted octanol–water partition coefficient (Wildman–Crippen LogP) is 6.68. The zero-order chi connectivity index (χ0) is 23.0. The lowest BCUT2D eigenvalue weighted by atomic mass is 10.1. The summed E-state index contributed by atoms with van der Waals surface area (Å²) in [4.78, 5) is 0. The highest BCUT2D eigenvalue weighted by atomic mass is 31.2. The number of benzene rings is 3. The van der Waals surface area contributed by atoms with Gasteiger partial charge in [0, 0.05) is 16.3 Å². The van der Waals surface area contributed by atoms with Crippen molar-refractivity contribution in [1.29, 1.82) is 0 Å². The second-order valence-electron chi connectivity index (χ2n) is 8.03. The van der Waals surface area contributed by atoms with E-state index in [1.54, 1.807) is 6.92 Å². The molecule has 0 aromatic heterocycles. The third-order valence-electron chi connectivity index (χ3n) is 5.03. The van der Waals surface area contributed by atoms with Crippen molar-refractivity contribution < 1.29 is 17.7 Å². The van der Waals surface area contributed by atoms with Crippen LogP contribution >= 0.6 is 7.29 Å². The highest BCUT2D eigenvalue weighted by Crippen LogP contribution is 2.46. The quantitative estimate of drug-likeness (QED) is 0.327. The van der Waals surface area contributed by atoms with E-state index in [1.807, 2.05) is 64.1 Å². The Kier molecular flexibility index (Phi) is 6.29. The molecule has 0 aliphatic heterocycles. The standard InChI is InChI=1S/C25H25F3NOP/c1-16-10-17(2)13-23(12-16)31(30,24-14-18(3)11-19(4)15-24)29-20(5)21-6-8-22(9-7-21)25(26,27)28/h6-15H,1-5H3/b29-20+. The Labute approximate surface area is 181 Å². The second kappa shape index (κ2) is 8.47. The van der Waals surface area contributed by atoms with Crippen molar-refractivity contribution in [2.45, 2.75) is 40.8 Å². The van der Waals surface area contributed by atoms with E-state index in [-0.39, 0.29) is 0 Å². The Morgan fingerprint density at radius 3 is 1.48 bits per heavy atom. The molecule has 0 fully saturated rings. The first-order valence-corrected chi connectivity index (χ1v) is 11.6.